The van der Waals surface area contributed by atoms with E-state index in [0.29, 0.717) is 18.9 Å². The molecule has 42 heavy (non-hydrogen) atoms. The van der Waals surface area contributed by atoms with Crippen molar-refractivity contribution in [3.8, 4) is 5.75 Å². The number of likely N-dealkylation sites (N-methyl/N-ethyl adjacent to an activating group) is 1. The summed E-state index contributed by atoms with van der Waals surface area (Å²) in [5.74, 6) is -1.07. The summed E-state index contributed by atoms with van der Waals surface area (Å²) in [6, 6.07) is 14.2. The average Bonchev–Trinajstić information content (AvgIpc) is 2.96. The molecule has 0 aliphatic carbocycles. The number of fused-ring (bicyclic) bond motifs is 1. The van der Waals surface area contributed by atoms with Crippen LogP contribution < -0.4 is 20.7 Å². The van der Waals surface area contributed by atoms with Crippen molar-refractivity contribution in [1.82, 2.24) is 20.9 Å². The van der Waals surface area contributed by atoms with Crippen LogP contribution in [-0.4, -0.2) is 78.2 Å². The molecule has 9 nitrogen and oxygen atoms in total. The molecule has 2 aromatic carbocycles. The lowest BCUT2D eigenvalue weighted by atomic mass is 9.90. The summed E-state index contributed by atoms with van der Waals surface area (Å²) in [5, 5.41) is 20.2. The van der Waals surface area contributed by atoms with E-state index in [0.717, 1.165) is 17.5 Å². The van der Waals surface area contributed by atoms with Gasteiger partial charge in [-0.3, -0.25) is 14.4 Å². The Hall–Kier alpha value is -3.69. The van der Waals surface area contributed by atoms with Crippen LogP contribution in [0.4, 0.5) is 0 Å². The van der Waals surface area contributed by atoms with E-state index >= 15 is 0 Å². The molecule has 4 N–H and O–H groups in total. The van der Waals surface area contributed by atoms with Gasteiger partial charge in [0.2, 0.25) is 17.7 Å². The highest BCUT2D eigenvalue weighted by Gasteiger charge is 2.43. The molecule has 1 aliphatic heterocycles. The highest BCUT2D eigenvalue weighted by molar-refractivity contribution is 5.94. The summed E-state index contributed by atoms with van der Waals surface area (Å²) in [6.45, 7) is 9.77. The number of benzene rings is 2. The predicted molar refractivity (Wildman–Crippen MR) is 165 cm³/mol. The van der Waals surface area contributed by atoms with Gasteiger partial charge < -0.3 is 30.7 Å². The van der Waals surface area contributed by atoms with Crippen molar-refractivity contribution in [2.45, 2.75) is 70.7 Å². The lowest BCUT2D eigenvalue weighted by molar-refractivity contribution is -0.150. The Morgan fingerprint density at radius 3 is 2.33 bits per heavy atom. The van der Waals surface area contributed by atoms with E-state index < -0.39 is 35.6 Å². The van der Waals surface area contributed by atoms with Crippen LogP contribution >= 0.6 is 0 Å². The minimum atomic E-state index is -1.60. The van der Waals surface area contributed by atoms with E-state index in [-0.39, 0.29) is 24.3 Å². The van der Waals surface area contributed by atoms with E-state index in [2.05, 4.69) is 16.0 Å². The number of nitrogens with one attached hydrogen (secondary N) is 3. The molecule has 0 saturated carbocycles. The van der Waals surface area contributed by atoms with Crippen LogP contribution in [0.25, 0.3) is 6.08 Å². The number of carbonyl (C=O) groups is 3. The maximum absolute atomic E-state index is 13.9. The van der Waals surface area contributed by atoms with Crippen LogP contribution in [0.2, 0.25) is 0 Å². The van der Waals surface area contributed by atoms with Gasteiger partial charge in [0.25, 0.3) is 0 Å². The van der Waals surface area contributed by atoms with Gasteiger partial charge in [-0.15, -0.1) is 0 Å². The van der Waals surface area contributed by atoms with E-state index in [1.165, 1.54) is 25.8 Å². The Kier molecular flexibility index (Phi) is 11.7. The van der Waals surface area contributed by atoms with Crippen molar-refractivity contribution in [2.75, 3.05) is 26.7 Å². The largest absolute Gasteiger partial charge is 0.492 e. The molecule has 0 radical (unpaired) electrons. The number of hydrogen-bond acceptors (Lipinski definition) is 6. The van der Waals surface area contributed by atoms with Crippen molar-refractivity contribution >= 4 is 23.8 Å². The molecule has 5 atom stereocenters. The SMILES string of the molecule is CCC(C)[C@@H]1NCCOc2ccccc2C=CCNC(=O)[C@@H](C(C)c2ccccc2)NC(=O)[C@H](C(C)(C)O)N(C)C1=O. The van der Waals surface area contributed by atoms with Gasteiger partial charge >= 0.3 is 0 Å². The molecular weight excluding hydrogens is 532 g/mol. The third-order valence-electron chi connectivity index (χ3n) is 7.87. The monoisotopic (exact) mass is 578 g/mol. The molecule has 2 aromatic rings. The van der Waals surface area contributed by atoms with Crippen molar-refractivity contribution in [1.29, 1.82) is 0 Å². The molecule has 1 heterocycles. The van der Waals surface area contributed by atoms with Crippen LogP contribution in [-0.2, 0) is 14.4 Å². The first-order valence-electron chi connectivity index (χ1n) is 14.7. The Balaban J connectivity index is 2.03. The van der Waals surface area contributed by atoms with Crippen molar-refractivity contribution < 1.29 is 24.2 Å². The molecule has 0 fully saturated rings. The zero-order valence-corrected chi connectivity index (χ0v) is 25.6. The molecule has 228 valence electrons. The van der Waals surface area contributed by atoms with Gasteiger partial charge in [-0.05, 0) is 31.4 Å². The number of para-hydroxylation sites is 1. The summed E-state index contributed by atoms with van der Waals surface area (Å²) in [5.41, 5.74) is 0.131. The normalized spacial score (nSPS) is 23.0. The van der Waals surface area contributed by atoms with Crippen LogP contribution in [0.15, 0.2) is 60.7 Å². The first-order chi connectivity index (χ1) is 20.0. The Morgan fingerprint density at radius 2 is 1.67 bits per heavy atom. The molecule has 3 amide bonds. The number of ether oxygens (including phenoxy) is 1. The van der Waals surface area contributed by atoms with Crippen molar-refractivity contribution in [3.05, 3.63) is 71.8 Å². The topological polar surface area (TPSA) is 120 Å². The first kappa shape index (κ1) is 32.8. The molecule has 1 aliphatic rings. The fraction of sp³-hybridized carbons (Fsp3) is 0.485. The fourth-order valence-corrected chi connectivity index (χ4v) is 5.26. The number of rotatable bonds is 5. The Labute approximate surface area is 249 Å². The van der Waals surface area contributed by atoms with Gasteiger partial charge in [0, 0.05) is 31.6 Å². The molecule has 2 unspecified atom stereocenters. The highest BCUT2D eigenvalue weighted by Crippen LogP contribution is 2.23. The predicted octanol–water partition coefficient (Wildman–Crippen LogP) is 3.10. The maximum Gasteiger partial charge on any atom is 0.246 e. The first-order valence-corrected chi connectivity index (χ1v) is 14.7. The highest BCUT2D eigenvalue weighted by atomic mass is 16.5. The molecule has 3 rings (SSSR count). The fourth-order valence-electron chi connectivity index (χ4n) is 5.26. The molecule has 0 spiro atoms. The minimum Gasteiger partial charge on any atom is -0.492 e. The summed E-state index contributed by atoms with van der Waals surface area (Å²) >= 11 is 0. The van der Waals surface area contributed by atoms with Crippen molar-refractivity contribution in [2.24, 2.45) is 5.92 Å². The molecular formula is C33H46N4O5. The van der Waals surface area contributed by atoms with E-state index in [1.54, 1.807) is 0 Å². The zero-order chi connectivity index (χ0) is 30.9. The zero-order valence-electron chi connectivity index (χ0n) is 25.6. The van der Waals surface area contributed by atoms with Crippen LogP contribution in [0, 0.1) is 5.92 Å². The Bertz CT molecular complexity index is 1230. The molecule has 0 bridgehead atoms. The van der Waals surface area contributed by atoms with Gasteiger partial charge in [0.1, 0.15) is 24.4 Å². The number of hydrogen-bond donors (Lipinski definition) is 4. The molecule has 0 saturated heterocycles. The average molecular weight is 579 g/mol. The second-order valence-corrected chi connectivity index (χ2v) is 11.5. The second-order valence-electron chi connectivity index (χ2n) is 11.5. The van der Waals surface area contributed by atoms with E-state index in [9.17, 15) is 19.5 Å². The number of aliphatic hydroxyl groups is 1. The van der Waals surface area contributed by atoms with Crippen LogP contribution in [0.5, 0.6) is 5.75 Å². The summed E-state index contributed by atoms with van der Waals surface area (Å²) in [4.78, 5) is 42.6. The van der Waals surface area contributed by atoms with E-state index in [4.69, 9.17) is 4.74 Å². The summed E-state index contributed by atoms with van der Waals surface area (Å²) in [7, 11) is 1.52. The third-order valence-corrected chi connectivity index (χ3v) is 7.87. The van der Waals surface area contributed by atoms with Gasteiger partial charge in [-0.25, -0.2) is 0 Å². The van der Waals surface area contributed by atoms with Gasteiger partial charge in [-0.1, -0.05) is 87.9 Å². The maximum atomic E-state index is 13.9. The minimum absolute atomic E-state index is 0.0529. The number of nitrogens with zero attached hydrogens (tertiary/aromatic N) is 1. The summed E-state index contributed by atoms with van der Waals surface area (Å²) < 4.78 is 6.04. The quantitative estimate of drug-likeness (QED) is 0.433. The third kappa shape index (κ3) is 8.42. The lowest BCUT2D eigenvalue weighted by Crippen LogP contribution is -2.64. The van der Waals surface area contributed by atoms with Crippen LogP contribution in [0.3, 0.4) is 0 Å². The van der Waals surface area contributed by atoms with Gasteiger partial charge in [0.05, 0.1) is 11.6 Å². The number of amides is 3. The number of carbonyl (C=O) groups excluding carboxylic acids is 3. The standard InChI is InChI=1S/C33H46N4O5/c1-7-22(2)27-32(40)37(6)29(33(4,5)41)31(39)36-28(23(3)24-14-9-8-10-15-24)30(38)35-19-13-17-25-16-11-12-18-26(25)42-21-20-34-27/h8-18,22-23,27-29,34,41H,7,19-21H2,1-6H3,(H,35,38)(H,36,39)/t22?,23?,27-,28+,29+/m0/s1. The lowest BCUT2D eigenvalue weighted by Gasteiger charge is -2.39. The van der Waals surface area contributed by atoms with Crippen LogP contribution in [0.1, 0.15) is 58.1 Å². The molecule has 9 heteroatoms. The van der Waals surface area contributed by atoms with Gasteiger partial charge in [-0.2, -0.15) is 0 Å². The smallest absolute Gasteiger partial charge is 0.246 e. The van der Waals surface area contributed by atoms with Crippen molar-refractivity contribution in [3.63, 3.8) is 0 Å². The molecule has 0 aromatic heterocycles. The summed E-state index contributed by atoms with van der Waals surface area (Å²) in [6.07, 6.45) is 4.44. The van der Waals surface area contributed by atoms with Gasteiger partial charge in [0.15, 0.2) is 0 Å². The van der Waals surface area contributed by atoms with E-state index in [1.807, 2.05) is 87.5 Å². The second kappa shape index (κ2) is 15.0. The Morgan fingerprint density at radius 1 is 1.00 bits per heavy atom.